The summed E-state index contributed by atoms with van der Waals surface area (Å²) in [7, 11) is 1.52. The molecule has 2 aromatic rings. The van der Waals surface area contributed by atoms with E-state index in [0.717, 1.165) is 12.8 Å². The lowest BCUT2D eigenvalue weighted by molar-refractivity contribution is 0.102. The molecule has 1 heterocycles. The number of nitrogens with zero attached hydrogens (tertiary/aromatic N) is 4. The monoisotopic (exact) mass is 275 g/mol. The van der Waals surface area contributed by atoms with Gasteiger partial charge in [-0.3, -0.25) is 10.1 Å². The van der Waals surface area contributed by atoms with Gasteiger partial charge in [-0.05, 0) is 23.8 Å². The maximum atomic E-state index is 12.1. The van der Waals surface area contributed by atoms with Gasteiger partial charge >= 0.3 is 0 Å². The van der Waals surface area contributed by atoms with E-state index in [1.165, 1.54) is 11.9 Å². The van der Waals surface area contributed by atoms with E-state index in [-0.39, 0.29) is 11.9 Å². The van der Waals surface area contributed by atoms with E-state index in [9.17, 15) is 4.79 Å². The molecule has 7 nitrogen and oxygen atoms in total. The van der Waals surface area contributed by atoms with E-state index in [0.29, 0.717) is 17.9 Å². The Morgan fingerprint density at radius 3 is 2.95 bits per heavy atom. The molecule has 0 saturated heterocycles. The van der Waals surface area contributed by atoms with Gasteiger partial charge in [-0.15, -0.1) is 5.10 Å². The Balaban J connectivity index is 2.05. The molecule has 0 aliphatic heterocycles. The number of tetrazole rings is 1. The summed E-state index contributed by atoms with van der Waals surface area (Å²) < 4.78 is 5.14. The Morgan fingerprint density at radius 2 is 2.20 bits per heavy atom. The number of rotatable bonds is 6. The molecule has 106 valence electrons. The summed E-state index contributed by atoms with van der Waals surface area (Å²) in [4.78, 5) is 13.6. The maximum Gasteiger partial charge on any atom is 0.270 e. The normalized spacial score (nSPS) is 10.3. The highest BCUT2D eigenvalue weighted by atomic mass is 16.5. The number of hydrogen-bond donors (Lipinski definition) is 1. The standard InChI is InChI=1S/C13H17N5O2/c1-3-4-9-18-16-13(15-17-18)14-12(19)10-7-5-6-8-11(10)20-2/h5-8H,3-4,9H2,1-2H3,(H,14,16,19). The largest absolute Gasteiger partial charge is 0.496 e. The zero-order valence-corrected chi connectivity index (χ0v) is 11.5. The number of nitrogens with one attached hydrogen (secondary N) is 1. The van der Waals surface area contributed by atoms with E-state index in [2.05, 4.69) is 27.7 Å². The second kappa shape index (κ2) is 6.65. The van der Waals surface area contributed by atoms with Gasteiger partial charge in [-0.2, -0.15) is 4.80 Å². The van der Waals surface area contributed by atoms with E-state index in [1.54, 1.807) is 24.3 Å². The molecule has 0 fully saturated rings. The second-order valence-corrected chi connectivity index (χ2v) is 4.22. The Bertz CT molecular complexity index is 582. The van der Waals surface area contributed by atoms with Crippen LogP contribution in [0.2, 0.25) is 0 Å². The van der Waals surface area contributed by atoms with Crippen LogP contribution in [-0.4, -0.2) is 33.2 Å². The summed E-state index contributed by atoms with van der Waals surface area (Å²) >= 11 is 0. The Labute approximate surface area is 116 Å². The number of carbonyl (C=O) groups is 1. The van der Waals surface area contributed by atoms with Crippen molar-refractivity contribution in [1.82, 2.24) is 20.2 Å². The van der Waals surface area contributed by atoms with Crippen molar-refractivity contribution in [3.05, 3.63) is 29.8 Å². The van der Waals surface area contributed by atoms with Crippen LogP contribution in [0.1, 0.15) is 30.1 Å². The quantitative estimate of drug-likeness (QED) is 0.868. The first-order chi connectivity index (χ1) is 9.74. The number of ether oxygens (including phenoxy) is 1. The Hall–Kier alpha value is -2.44. The molecular formula is C13H17N5O2. The second-order valence-electron chi connectivity index (χ2n) is 4.22. The smallest absolute Gasteiger partial charge is 0.270 e. The molecule has 0 saturated carbocycles. The van der Waals surface area contributed by atoms with Crippen molar-refractivity contribution in [1.29, 1.82) is 0 Å². The van der Waals surface area contributed by atoms with Gasteiger partial charge in [0.1, 0.15) is 5.75 Å². The summed E-state index contributed by atoms with van der Waals surface area (Å²) in [6.07, 6.45) is 2.01. The van der Waals surface area contributed by atoms with Crippen molar-refractivity contribution in [2.45, 2.75) is 26.3 Å². The minimum Gasteiger partial charge on any atom is -0.496 e. The molecule has 0 atom stereocenters. The first-order valence-corrected chi connectivity index (χ1v) is 6.46. The fourth-order valence-corrected chi connectivity index (χ4v) is 1.69. The minimum absolute atomic E-state index is 0.192. The summed E-state index contributed by atoms with van der Waals surface area (Å²) in [6, 6.07) is 6.97. The average molecular weight is 275 g/mol. The number of para-hydroxylation sites is 1. The summed E-state index contributed by atoms with van der Waals surface area (Å²) in [5.74, 6) is 0.373. The lowest BCUT2D eigenvalue weighted by Gasteiger charge is -2.06. The number of anilines is 1. The van der Waals surface area contributed by atoms with Crippen molar-refractivity contribution in [3.63, 3.8) is 0 Å². The average Bonchev–Trinajstić information content (AvgIpc) is 2.92. The van der Waals surface area contributed by atoms with E-state index in [4.69, 9.17) is 4.74 Å². The van der Waals surface area contributed by atoms with E-state index >= 15 is 0 Å². The fraction of sp³-hybridized carbons (Fsp3) is 0.385. The molecule has 7 heteroatoms. The number of aromatic nitrogens is 4. The predicted molar refractivity (Wildman–Crippen MR) is 73.7 cm³/mol. The number of unbranched alkanes of at least 4 members (excludes halogenated alkanes) is 1. The van der Waals surface area contributed by atoms with Gasteiger partial charge in [0.05, 0.1) is 19.2 Å². The molecule has 0 bridgehead atoms. The number of carbonyl (C=O) groups excluding carboxylic acids is 1. The maximum absolute atomic E-state index is 12.1. The van der Waals surface area contributed by atoms with Gasteiger partial charge in [0.2, 0.25) is 0 Å². The van der Waals surface area contributed by atoms with Crippen LogP contribution < -0.4 is 10.1 Å². The molecule has 0 aliphatic carbocycles. The van der Waals surface area contributed by atoms with Gasteiger partial charge in [0.15, 0.2) is 0 Å². The molecule has 0 radical (unpaired) electrons. The highest BCUT2D eigenvalue weighted by Crippen LogP contribution is 2.17. The van der Waals surface area contributed by atoms with Crippen molar-refractivity contribution in [2.24, 2.45) is 0 Å². The lowest BCUT2D eigenvalue weighted by atomic mass is 10.2. The zero-order chi connectivity index (χ0) is 14.4. The molecule has 20 heavy (non-hydrogen) atoms. The van der Waals surface area contributed by atoms with E-state index < -0.39 is 0 Å². The summed E-state index contributed by atoms with van der Waals surface area (Å²) in [5.41, 5.74) is 0.430. The van der Waals surface area contributed by atoms with Crippen molar-refractivity contribution in [3.8, 4) is 5.75 Å². The fourth-order valence-electron chi connectivity index (χ4n) is 1.69. The first-order valence-electron chi connectivity index (χ1n) is 6.46. The van der Waals surface area contributed by atoms with E-state index in [1.807, 2.05) is 0 Å². The Morgan fingerprint density at radius 1 is 1.40 bits per heavy atom. The number of amides is 1. The third-order valence-electron chi connectivity index (χ3n) is 2.74. The Kier molecular flexibility index (Phi) is 4.65. The van der Waals surface area contributed by atoms with Gasteiger partial charge in [0, 0.05) is 0 Å². The van der Waals surface area contributed by atoms with Crippen LogP contribution in [0.5, 0.6) is 5.75 Å². The molecule has 1 amide bonds. The topological polar surface area (TPSA) is 81.9 Å². The summed E-state index contributed by atoms with van der Waals surface area (Å²) in [6.45, 7) is 2.77. The van der Waals surface area contributed by atoms with Crippen LogP contribution >= 0.6 is 0 Å². The molecule has 0 spiro atoms. The SMILES string of the molecule is CCCCn1nnc(NC(=O)c2ccccc2OC)n1. The third kappa shape index (κ3) is 3.31. The number of benzene rings is 1. The lowest BCUT2D eigenvalue weighted by Crippen LogP contribution is -2.14. The van der Waals surface area contributed by atoms with Crippen LogP contribution in [-0.2, 0) is 6.54 Å². The van der Waals surface area contributed by atoms with Gasteiger partial charge in [-0.1, -0.05) is 30.6 Å². The molecule has 2 rings (SSSR count). The number of hydrogen-bond acceptors (Lipinski definition) is 5. The number of methoxy groups -OCH3 is 1. The van der Waals surface area contributed by atoms with Crippen LogP contribution in [0.25, 0.3) is 0 Å². The van der Waals surface area contributed by atoms with Crippen LogP contribution in [0.4, 0.5) is 5.95 Å². The predicted octanol–water partition coefficient (Wildman–Crippen LogP) is 1.73. The molecule has 0 aliphatic rings. The highest BCUT2D eigenvalue weighted by Gasteiger charge is 2.13. The van der Waals surface area contributed by atoms with Crippen LogP contribution in [0.15, 0.2) is 24.3 Å². The van der Waals surface area contributed by atoms with Crippen molar-refractivity contribution in [2.75, 3.05) is 12.4 Å². The van der Waals surface area contributed by atoms with Gasteiger partial charge in [-0.25, -0.2) is 0 Å². The molecule has 1 N–H and O–H groups in total. The molecule has 1 aromatic heterocycles. The summed E-state index contributed by atoms with van der Waals surface area (Å²) in [5, 5.41) is 14.4. The third-order valence-corrected chi connectivity index (χ3v) is 2.74. The minimum atomic E-state index is -0.322. The van der Waals surface area contributed by atoms with Gasteiger partial charge < -0.3 is 4.74 Å². The van der Waals surface area contributed by atoms with Crippen molar-refractivity contribution >= 4 is 11.9 Å². The molecule has 0 unspecified atom stereocenters. The number of aryl methyl sites for hydroxylation is 1. The zero-order valence-electron chi connectivity index (χ0n) is 11.5. The molecule has 1 aromatic carbocycles. The highest BCUT2D eigenvalue weighted by molar-refractivity contribution is 6.05. The van der Waals surface area contributed by atoms with Crippen molar-refractivity contribution < 1.29 is 9.53 Å². The first kappa shape index (κ1) is 14.0. The van der Waals surface area contributed by atoms with Crippen LogP contribution in [0.3, 0.4) is 0 Å². The molecular weight excluding hydrogens is 258 g/mol. The van der Waals surface area contributed by atoms with Gasteiger partial charge in [0.25, 0.3) is 11.9 Å². The van der Waals surface area contributed by atoms with Crippen LogP contribution in [0, 0.1) is 0 Å².